The van der Waals surface area contributed by atoms with Gasteiger partial charge in [0.25, 0.3) is 0 Å². The van der Waals surface area contributed by atoms with E-state index in [9.17, 15) is 13.2 Å². The lowest BCUT2D eigenvalue weighted by Gasteiger charge is -2.20. The molecular weight excluding hydrogens is 489 g/mol. The Labute approximate surface area is 173 Å². The first kappa shape index (κ1) is 21.8. The van der Waals surface area contributed by atoms with E-state index in [0.717, 1.165) is 11.6 Å². The minimum absolute atomic E-state index is 0.0112. The highest BCUT2D eigenvalue weighted by molar-refractivity contribution is 9.28. The maximum absolute atomic E-state index is 13.4. The lowest BCUT2D eigenvalue weighted by Crippen LogP contribution is -2.11. The third kappa shape index (κ3) is 6.57. The largest absolute Gasteiger partial charge is 0.489 e. The molecule has 0 N–H and O–H groups in total. The van der Waals surface area contributed by atoms with Crippen LogP contribution in [0.2, 0.25) is 0 Å². The second-order valence-electron chi connectivity index (χ2n) is 6.84. The highest BCUT2D eigenvalue weighted by atomic mass is 79.9. The Morgan fingerprint density at radius 3 is 2.26 bits per heavy atom. The predicted octanol–water partition coefficient (Wildman–Crippen LogP) is 7.81. The fourth-order valence-corrected chi connectivity index (χ4v) is 2.54. The van der Waals surface area contributed by atoms with Gasteiger partial charge in [0.05, 0.1) is 3.39 Å². The molecule has 0 atom stereocenters. The van der Waals surface area contributed by atoms with E-state index in [2.05, 4.69) is 52.6 Å². The molecule has 0 bridgehead atoms. The molecule has 0 radical (unpaired) electrons. The Balaban J connectivity index is 2.30. The van der Waals surface area contributed by atoms with Crippen LogP contribution in [0.25, 0.3) is 0 Å². The first-order chi connectivity index (χ1) is 12.5. The Morgan fingerprint density at radius 1 is 1.00 bits per heavy atom. The normalized spacial score (nSPS) is 11.9. The molecule has 0 saturated carbocycles. The van der Waals surface area contributed by atoms with Crippen LogP contribution < -0.4 is 9.47 Å². The average Bonchev–Trinajstić information content (AvgIpc) is 2.54. The van der Waals surface area contributed by atoms with E-state index in [1.165, 1.54) is 12.1 Å². The van der Waals surface area contributed by atoms with Crippen LogP contribution in [-0.2, 0) is 11.6 Å². The van der Waals surface area contributed by atoms with E-state index in [4.69, 9.17) is 9.47 Å². The first-order valence-corrected chi connectivity index (χ1v) is 9.69. The van der Waals surface area contributed by atoms with Gasteiger partial charge in [-0.15, -0.1) is 0 Å². The maximum Gasteiger partial charge on any atom is 0.420 e. The molecule has 0 heterocycles. The minimum Gasteiger partial charge on any atom is -0.489 e. The summed E-state index contributed by atoms with van der Waals surface area (Å²) in [6.45, 7) is 6.15. The van der Waals surface area contributed by atoms with Crippen LogP contribution >= 0.6 is 31.9 Å². The number of hydrogen-bond acceptors (Lipinski definition) is 2. The molecule has 0 aliphatic heterocycles. The second-order valence-corrected chi connectivity index (χ2v) is 9.61. The molecule has 0 aliphatic carbocycles. The summed E-state index contributed by atoms with van der Waals surface area (Å²) >= 11 is 6.26. The van der Waals surface area contributed by atoms with E-state index < -0.39 is 11.7 Å². The summed E-state index contributed by atoms with van der Waals surface area (Å²) in [6, 6.07) is 11.0. The van der Waals surface area contributed by atoms with Gasteiger partial charge in [-0.1, -0.05) is 32.9 Å². The number of halogens is 5. The fraction of sp³-hybridized carbons (Fsp3) is 0.300. The van der Waals surface area contributed by atoms with Crippen LogP contribution in [0.4, 0.5) is 13.2 Å². The number of benzene rings is 2. The van der Waals surface area contributed by atoms with Crippen LogP contribution in [0.5, 0.6) is 17.2 Å². The molecule has 7 heteroatoms. The second kappa shape index (κ2) is 8.69. The molecule has 146 valence electrons. The SMILES string of the molecule is CC(C)(C)c1cccc(Oc2ccc(OCC=C(Br)Br)c(C(F)(F)F)c2)c1. The van der Waals surface area contributed by atoms with Gasteiger partial charge in [0.1, 0.15) is 29.4 Å². The van der Waals surface area contributed by atoms with Crippen LogP contribution in [0.3, 0.4) is 0 Å². The van der Waals surface area contributed by atoms with Crippen LogP contribution in [0.1, 0.15) is 31.9 Å². The summed E-state index contributed by atoms with van der Waals surface area (Å²) in [5.41, 5.74) is 0.0556. The molecule has 27 heavy (non-hydrogen) atoms. The molecule has 2 aromatic carbocycles. The van der Waals surface area contributed by atoms with E-state index in [-0.39, 0.29) is 23.5 Å². The summed E-state index contributed by atoms with van der Waals surface area (Å²) in [5.74, 6) is 0.323. The zero-order valence-electron chi connectivity index (χ0n) is 15.0. The van der Waals surface area contributed by atoms with Crippen molar-refractivity contribution in [3.8, 4) is 17.2 Å². The summed E-state index contributed by atoms with van der Waals surface area (Å²) in [4.78, 5) is 0. The quantitative estimate of drug-likeness (QED) is 0.411. The standard InChI is InChI=1S/C20H19Br2F3O2/c1-19(2,3)13-5-4-6-14(11-13)27-15-7-8-17(26-10-9-18(21)22)16(12-15)20(23,24)25/h4-9,11-12H,10H2,1-3H3. The zero-order chi connectivity index (χ0) is 20.2. The molecule has 0 spiro atoms. The number of alkyl halides is 3. The summed E-state index contributed by atoms with van der Waals surface area (Å²) in [7, 11) is 0. The van der Waals surface area contributed by atoms with Gasteiger partial charge in [0, 0.05) is 0 Å². The molecule has 2 nitrogen and oxygen atoms in total. The molecule has 0 amide bonds. The number of hydrogen-bond donors (Lipinski definition) is 0. The van der Waals surface area contributed by atoms with Crippen molar-refractivity contribution in [2.24, 2.45) is 0 Å². The molecule has 0 aliphatic rings. The highest BCUT2D eigenvalue weighted by Gasteiger charge is 2.35. The van der Waals surface area contributed by atoms with Gasteiger partial charge < -0.3 is 9.47 Å². The molecular formula is C20H19Br2F3O2. The van der Waals surface area contributed by atoms with Crippen molar-refractivity contribution < 1.29 is 22.6 Å². The van der Waals surface area contributed by atoms with Gasteiger partial charge in [-0.25, -0.2) is 0 Å². The third-order valence-electron chi connectivity index (χ3n) is 3.67. The lowest BCUT2D eigenvalue weighted by atomic mass is 9.87. The maximum atomic E-state index is 13.4. The van der Waals surface area contributed by atoms with Gasteiger partial charge >= 0.3 is 6.18 Å². The van der Waals surface area contributed by atoms with Crippen molar-refractivity contribution in [3.05, 3.63) is 63.1 Å². The Morgan fingerprint density at radius 2 is 1.67 bits per heavy atom. The van der Waals surface area contributed by atoms with Crippen molar-refractivity contribution in [1.82, 2.24) is 0 Å². The molecule has 2 aromatic rings. The van der Waals surface area contributed by atoms with E-state index in [1.807, 2.05) is 18.2 Å². The summed E-state index contributed by atoms with van der Waals surface area (Å²) in [5, 5.41) is 0. The summed E-state index contributed by atoms with van der Waals surface area (Å²) in [6.07, 6.45) is -3.00. The Bertz CT molecular complexity index is 821. The van der Waals surface area contributed by atoms with Crippen LogP contribution in [0.15, 0.2) is 51.9 Å². The van der Waals surface area contributed by atoms with Gasteiger partial charge in [0.2, 0.25) is 0 Å². The Hall–Kier alpha value is -1.47. The van der Waals surface area contributed by atoms with Gasteiger partial charge in [-0.3, -0.25) is 0 Å². The molecule has 0 unspecified atom stereocenters. The lowest BCUT2D eigenvalue weighted by molar-refractivity contribution is -0.138. The van der Waals surface area contributed by atoms with Gasteiger partial charge in [-0.2, -0.15) is 13.2 Å². The highest BCUT2D eigenvalue weighted by Crippen LogP contribution is 2.39. The third-order valence-corrected chi connectivity index (χ3v) is 4.32. The van der Waals surface area contributed by atoms with Crippen molar-refractivity contribution in [2.45, 2.75) is 32.4 Å². The van der Waals surface area contributed by atoms with Gasteiger partial charge in [0.15, 0.2) is 0 Å². The molecule has 0 saturated heterocycles. The number of rotatable bonds is 5. The fourth-order valence-electron chi connectivity index (χ4n) is 2.28. The van der Waals surface area contributed by atoms with Crippen molar-refractivity contribution in [2.75, 3.05) is 6.61 Å². The van der Waals surface area contributed by atoms with Crippen LogP contribution in [-0.4, -0.2) is 6.61 Å². The first-order valence-electron chi connectivity index (χ1n) is 8.10. The van der Waals surface area contributed by atoms with Crippen molar-refractivity contribution in [3.63, 3.8) is 0 Å². The predicted molar refractivity (Wildman–Crippen MR) is 108 cm³/mol. The zero-order valence-corrected chi connectivity index (χ0v) is 18.2. The Kier molecular flexibility index (Phi) is 7.03. The van der Waals surface area contributed by atoms with Crippen molar-refractivity contribution >= 4 is 31.9 Å². The van der Waals surface area contributed by atoms with Gasteiger partial charge in [-0.05, 0) is 79.2 Å². The number of ether oxygens (including phenoxy) is 2. The monoisotopic (exact) mass is 506 g/mol. The average molecular weight is 508 g/mol. The van der Waals surface area contributed by atoms with E-state index in [1.54, 1.807) is 12.1 Å². The van der Waals surface area contributed by atoms with Crippen molar-refractivity contribution in [1.29, 1.82) is 0 Å². The van der Waals surface area contributed by atoms with Crippen LogP contribution in [0, 0.1) is 0 Å². The minimum atomic E-state index is -4.56. The summed E-state index contributed by atoms with van der Waals surface area (Å²) < 4.78 is 51.7. The topological polar surface area (TPSA) is 18.5 Å². The smallest absolute Gasteiger partial charge is 0.420 e. The molecule has 2 rings (SSSR count). The van der Waals surface area contributed by atoms with E-state index >= 15 is 0 Å². The molecule has 0 fully saturated rings. The molecule has 0 aromatic heterocycles. The van der Waals surface area contributed by atoms with E-state index in [0.29, 0.717) is 9.14 Å².